The Bertz CT molecular complexity index is 377. The lowest BCUT2D eigenvalue weighted by molar-refractivity contribution is -0.145. The fourth-order valence-corrected chi connectivity index (χ4v) is 1.42. The standard InChI is InChI=1S/C12H17NO3/c1-3-4-11(12(14)15)16-10-6-5-8(2)7-9(10)13/h5-7,11H,3-4,13H2,1-2H3,(H,14,15). The number of aryl methyl sites for hydroxylation is 1. The third kappa shape index (κ3) is 3.15. The monoisotopic (exact) mass is 223 g/mol. The van der Waals surface area contributed by atoms with Crippen molar-refractivity contribution in [3.05, 3.63) is 23.8 Å². The van der Waals surface area contributed by atoms with E-state index in [1.807, 2.05) is 19.9 Å². The van der Waals surface area contributed by atoms with E-state index in [4.69, 9.17) is 15.6 Å². The van der Waals surface area contributed by atoms with E-state index in [9.17, 15) is 4.79 Å². The highest BCUT2D eigenvalue weighted by molar-refractivity contribution is 5.73. The van der Waals surface area contributed by atoms with Crippen LogP contribution in [0.25, 0.3) is 0 Å². The summed E-state index contributed by atoms with van der Waals surface area (Å²) in [6.45, 7) is 3.83. The van der Waals surface area contributed by atoms with Crippen LogP contribution >= 0.6 is 0 Å². The molecule has 0 heterocycles. The number of anilines is 1. The number of carboxylic acid groups (broad SMARTS) is 1. The molecule has 1 unspecified atom stereocenters. The van der Waals surface area contributed by atoms with E-state index >= 15 is 0 Å². The summed E-state index contributed by atoms with van der Waals surface area (Å²) in [7, 11) is 0. The molecule has 0 saturated carbocycles. The molecule has 0 saturated heterocycles. The molecule has 1 rings (SSSR count). The van der Waals surface area contributed by atoms with Crippen LogP contribution in [0.5, 0.6) is 5.75 Å². The van der Waals surface area contributed by atoms with Gasteiger partial charge in [-0.25, -0.2) is 4.79 Å². The van der Waals surface area contributed by atoms with Gasteiger partial charge in [0.15, 0.2) is 6.10 Å². The Kier molecular flexibility index (Phi) is 4.17. The SMILES string of the molecule is CCCC(Oc1ccc(C)cc1N)C(=O)O. The summed E-state index contributed by atoms with van der Waals surface area (Å²) in [5.41, 5.74) is 7.24. The summed E-state index contributed by atoms with van der Waals surface area (Å²) >= 11 is 0. The molecule has 4 heteroatoms. The molecular weight excluding hydrogens is 206 g/mol. The van der Waals surface area contributed by atoms with Crippen LogP contribution in [0.15, 0.2) is 18.2 Å². The molecule has 88 valence electrons. The first-order chi connectivity index (χ1) is 7.54. The molecule has 3 N–H and O–H groups in total. The predicted octanol–water partition coefficient (Wildman–Crippen LogP) is 2.21. The lowest BCUT2D eigenvalue weighted by Gasteiger charge is -2.15. The molecule has 0 aliphatic heterocycles. The maximum absolute atomic E-state index is 10.9. The fourth-order valence-electron chi connectivity index (χ4n) is 1.42. The number of benzene rings is 1. The second kappa shape index (κ2) is 5.39. The lowest BCUT2D eigenvalue weighted by Crippen LogP contribution is -2.27. The minimum atomic E-state index is -0.957. The molecular formula is C12H17NO3. The number of aliphatic carboxylic acids is 1. The van der Waals surface area contributed by atoms with Crippen LogP contribution in [-0.4, -0.2) is 17.2 Å². The first kappa shape index (κ1) is 12.4. The number of nitrogens with two attached hydrogens (primary N) is 1. The van der Waals surface area contributed by atoms with Gasteiger partial charge < -0.3 is 15.6 Å². The van der Waals surface area contributed by atoms with Gasteiger partial charge in [0.25, 0.3) is 0 Å². The Morgan fingerprint density at radius 2 is 2.25 bits per heavy atom. The second-order valence-corrected chi connectivity index (χ2v) is 3.77. The van der Waals surface area contributed by atoms with E-state index in [0.29, 0.717) is 17.9 Å². The number of nitrogen functional groups attached to an aromatic ring is 1. The Morgan fingerprint density at radius 1 is 1.56 bits per heavy atom. The van der Waals surface area contributed by atoms with Crippen LogP contribution in [-0.2, 0) is 4.79 Å². The average molecular weight is 223 g/mol. The van der Waals surface area contributed by atoms with Gasteiger partial charge in [-0.15, -0.1) is 0 Å². The van der Waals surface area contributed by atoms with E-state index in [2.05, 4.69) is 0 Å². The summed E-state index contributed by atoms with van der Waals surface area (Å²) in [6.07, 6.45) is 0.403. The summed E-state index contributed by atoms with van der Waals surface area (Å²) in [5, 5.41) is 8.95. The molecule has 0 radical (unpaired) electrons. The van der Waals surface area contributed by atoms with Crippen molar-refractivity contribution in [3.8, 4) is 5.75 Å². The van der Waals surface area contributed by atoms with Gasteiger partial charge in [-0.2, -0.15) is 0 Å². The van der Waals surface area contributed by atoms with E-state index in [-0.39, 0.29) is 0 Å². The summed E-state index contributed by atoms with van der Waals surface area (Å²) < 4.78 is 5.38. The quantitative estimate of drug-likeness (QED) is 0.750. The zero-order valence-corrected chi connectivity index (χ0v) is 9.56. The molecule has 4 nitrogen and oxygen atoms in total. The third-order valence-corrected chi connectivity index (χ3v) is 2.26. The topological polar surface area (TPSA) is 72.5 Å². The van der Waals surface area contributed by atoms with Crippen molar-refractivity contribution in [2.45, 2.75) is 32.8 Å². The van der Waals surface area contributed by atoms with Crippen LogP contribution in [0, 0.1) is 6.92 Å². The minimum absolute atomic E-state index is 0.437. The largest absolute Gasteiger partial charge is 0.479 e. The lowest BCUT2D eigenvalue weighted by atomic mass is 10.2. The Morgan fingerprint density at radius 3 is 2.75 bits per heavy atom. The predicted molar refractivity (Wildman–Crippen MR) is 62.6 cm³/mol. The maximum Gasteiger partial charge on any atom is 0.344 e. The van der Waals surface area contributed by atoms with Crippen molar-refractivity contribution in [1.82, 2.24) is 0 Å². The van der Waals surface area contributed by atoms with Crippen molar-refractivity contribution < 1.29 is 14.6 Å². The van der Waals surface area contributed by atoms with E-state index in [1.165, 1.54) is 0 Å². The van der Waals surface area contributed by atoms with Crippen LogP contribution < -0.4 is 10.5 Å². The molecule has 0 aliphatic rings. The number of carboxylic acids is 1. The van der Waals surface area contributed by atoms with Crippen LogP contribution in [0.3, 0.4) is 0 Å². The smallest absolute Gasteiger partial charge is 0.344 e. The Balaban J connectivity index is 2.81. The highest BCUT2D eigenvalue weighted by Gasteiger charge is 2.19. The van der Waals surface area contributed by atoms with Gasteiger partial charge in [0.1, 0.15) is 5.75 Å². The normalized spacial score (nSPS) is 12.1. The number of carbonyl (C=O) groups is 1. The van der Waals surface area contributed by atoms with Crippen molar-refractivity contribution in [2.24, 2.45) is 0 Å². The van der Waals surface area contributed by atoms with Crippen LogP contribution in [0.4, 0.5) is 5.69 Å². The average Bonchev–Trinajstić information content (AvgIpc) is 2.20. The van der Waals surface area contributed by atoms with Crippen LogP contribution in [0.1, 0.15) is 25.3 Å². The molecule has 0 bridgehead atoms. The van der Waals surface area contributed by atoms with E-state index < -0.39 is 12.1 Å². The van der Waals surface area contributed by atoms with Gasteiger partial charge in [-0.05, 0) is 31.0 Å². The molecule has 0 aliphatic carbocycles. The molecule has 0 aromatic heterocycles. The first-order valence-electron chi connectivity index (χ1n) is 5.30. The second-order valence-electron chi connectivity index (χ2n) is 3.77. The number of rotatable bonds is 5. The van der Waals surface area contributed by atoms with Crippen LogP contribution in [0.2, 0.25) is 0 Å². The zero-order chi connectivity index (χ0) is 12.1. The van der Waals surface area contributed by atoms with Gasteiger partial charge in [0, 0.05) is 0 Å². The Hall–Kier alpha value is -1.71. The summed E-state index contributed by atoms with van der Waals surface area (Å²) in [6, 6.07) is 5.31. The number of hydrogen-bond acceptors (Lipinski definition) is 3. The van der Waals surface area contributed by atoms with Gasteiger partial charge in [0.05, 0.1) is 5.69 Å². The fraction of sp³-hybridized carbons (Fsp3) is 0.417. The minimum Gasteiger partial charge on any atom is -0.479 e. The number of hydrogen-bond donors (Lipinski definition) is 2. The van der Waals surface area contributed by atoms with Crippen molar-refractivity contribution in [3.63, 3.8) is 0 Å². The van der Waals surface area contributed by atoms with Gasteiger partial charge >= 0.3 is 5.97 Å². The van der Waals surface area contributed by atoms with Gasteiger partial charge in [0.2, 0.25) is 0 Å². The summed E-state index contributed by atoms with van der Waals surface area (Å²) in [4.78, 5) is 10.9. The van der Waals surface area contributed by atoms with Crippen molar-refractivity contribution in [1.29, 1.82) is 0 Å². The molecule has 1 aromatic carbocycles. The zero-order valence-electron chi connectivity index (χ0n) is 9.56. The first-order valence-corrected chi connectivity index (χ1v) is 5.30. The third-order valence-electron chi connectivity index (χ3n) is 2.26. The van der Waals surface area contributed by atoms with E-state index in [1.54, 1.807) is 12.1 Å². The molecule has 0 amide bonds. The van der Waals surface area contributed by atoms with Gasteiger partial charge in [-0.1, -0.05) is 19.4 Å². The molecule has 1 aromatic rings. The highest BCUT2D eigenvalue weighted by Crippen LogP contribution is 2.24. The number of ether oxygens (including phenoxy) is 1. The summed E-state index contributed by atoms with van der Waals surface area (Å²) in [5.74, 6) is -0.520. The molecule has 0 fully saturated rings. The van der Waals surface area contributed by atoms with E-state index in [0.717, 1.165) is 12.0 Å². The van der Waals surface area contributed by atoms with Crippen molar-refractivity contribution in [2.75, 3.05) is 5.73 Å². The molecule has 1 atom stereocenters. The Labute approximate surface area is 95.0 Å². The molecule has 0 spiro atoms. The maximum atomic E-state index is 10.9. The van der Waals surface area contributed by atoms with Gasteiger partial charge in [-0.3, -0.25) is 0 Å². The van der Waals surface area contributed by atoms with Crippen molar-refractivity contribution >= 4 is 11.7 Å². The molecule has 16 heavy (non-hydrogen) atoms. The highest BCUT2D eigenvalue weighted by atomic mass is 16.5.